The highest BCUT2D eigenvalue weighted by atomic mass is 16.6. The van der Waals surface area contributed by atoms with Gasteiger partial charge in [-0.15, -0.1) is 0 Å². The van der Waals surface area contributed by atoms with Gasteiger partial charge in [-0.3, -0.25) is 10.1 Å². The topological polar surface area (TPSA) is 85.7 Å². The molecule has 0 aliphatic heterocycles. The van der Waals surface area contributed by atoms with E-state index >= 15 is 0 Å². The van der Waals surface area contributed by atoms with Crippen molar-refractivity contribution in [2.45, 2.75) is 12.5 Å². The molecule has 6 heteroatoms. The van der Waals surface area contributed by atoms with Crippen LogP contribution in [0.25, 0.3) is 0 Å². The monoisotopic (exact) mass is 277 g/mol. The molecule has 6 nitrogen and oxygen atoms in total. The fourth-order valence-electron chi connectivity index (χ4n) is 1.84. The number of hydrogen-bond acceptors (Lipinski definition) is 5. The van der Waals surface area contributed by atoms with E-state index in [0.29, 0.717) is 12.2 Å². The Morgan fingerprint density at radius 3 is 2.55 bits per heavy atom. The summed E-state index contributed by atoms with van der Waals surface area (Å²) in [5, 5.41) is 20.6. The maximum absolute atomic E-state index is 10.5. The van der Waals surface area contributed by atoms with E-state index < -0.39 is 11.0 Å². The maximum Gasteiger partial charge on any atom is 0.433 e. The molecule has 0 saturated carbocycles. The summed E-state index contributed by atoms with van der Waals surface area (Å²) >= 11 is 0. The predicted octanol–water partition coefficient (Wildman–Crippen LogP) is 2.46. The second-order valence-corrected chi connectivity index (χ2v) is 4.32. The number of rotatable bonds is 6. The Morgan fingerprint density at radius 1 is 1.30 bits per heavy atom. The van der Waals surface area contributed by atoms with Gasteiger partial charge in [-0.1, -0.05) is 24.3 Å². The van der Waals surface area contributed by atoms with Gasteiger partial charge in [0.15, 0.2) is 0 Å². The van der Waals surface area contributed by atoms with E-state index in [4.69, 9.17) is 9.15 Å². The van der Waals surface area contributed by atoms with Gasteiger partial charge in [-0.25, -0.2) is 0 Å². The second kappa shape index (κ2) is 6.31. The van der Waals surface area contributed by atoms with Crippen molar-refractivity contribution in [2.75, 3.05) is 13.7 Å². The number of nitro groups is 1. The molecule has 2 rings (SSSR count). The number of aliphatic hydroxyl groups excluding tert-OH is 1. The standard InChI is InChI=1S/C14H15NO5/c1-19-9-8-10-2-4-11(5-3-10)14(16)12-6-7-13(20-12)15(17)18/h2-7,14,16H,8-9H2,1H3. The average molecular weight is 277 g/mol. The van der Waals surface area contributed by atoms with Crippen LogP contribution in [0, 0.1) is 10.1 Å². The number of aliphatic hydroxyl groups is 1. The van der Waals surface area contributed by atoms with Gasteiger partial charge >= 0.3 is 5.88 Å². The first-order valence-corrected chi connectivity index (χ1v) is 6.12. The molecule has 2 aromatic rings. The summed E-state index contributed by atoms with van der Waals surface area (Å²) in [7, 11) is 1.64. The molecule has 20 heavy (non-hydrogen) atoms. The molecule has 1 N–H and O–H groups in total. The summed E-state index contributed by atoms with van der Waals surface area (Å²) in [4.78, 5) is 9.90. The van der Waals surface area contributed by atoms with E-state index in [2.05, 4.69) is 0 Å². The zero-order chi connectivity index (χ0) is 14.5. The first kappa shape index (κ1) is 14.2. The van der Waals surface area contributed by atoms with Gasteiger partial charge in [0.25, 0.3) is 0 Å². The number of furan rings is 1. The van der Waals surface area contributed by atoms with Crippen LogP contribution in [0.3, 0.4) is 0 Å². The molecule has 0 amide bonds. The summed E-state index contributed by atoms with van der Waals surface area (Å²) in [6, 6.07) is 9.94. The molecule has 0 radical (unpaired) electrons. The van der Waals surface area contributed by atoms with E-state index in [1.54, 1.807) is 19.2 Å². The molecule has 0 spiro atoms. The van der Waals surface area contributed by atoms with Crippen LogP contribution in [0.4, 0.5) is 5.88 Å². The van der Waals surface area contributed by atoms with Crippen LogP contribution < -0.4 is 0 Å². The molecular formula is C14H15NO5. The molecule has 0 saturated heterocycles. The quantitative estimate of drug-likeness (QED) is 0.647. The lowest BCUT2D eigenvalue weighted by Gasteiger charge is -2.08. The molecule has 1 atom stereocenters. The summed E-state index contributed by atoms with van der Waals surface area (Å²) in [5.41, 5.74) is 1.71. The fourth-order valence-corrected chi connectivity index (χ4v) is 1.84. The first-order valence-electron chi connectivity index (χ1n) is 6.12. The highest BCUT2D eigenvalue weighted by molar-refractivity contribution is 5.30. The summed E-state index contributed by atoms with van der Waals surface area (Å²) < 4.78 is 9.98. The van der Waals surface area contributed by atoms with E-state index in [9.17, 15) is 15.2 Å². The van der Waals surface area contributed by atoms with Crippen LogP contribution in [0.15, 0.2) is 40.8 Å². The van der Waals surface area contributed by atoms with Gasteiger partial charge < -0.3 is 14.3 Å². The molecule has 106 valence electrons. The van der Waals surface area contributed by atoms with Crippen molar-refractivity contribution < 1.29 is 19.2 Å². The van der Waals surface area contributed by atoms with E-state index in [0.717, 1.165) is 12.0 Å². The number of hydrogen-bond donors (Lipinski definition) is 1. The lowest BCUT2D eigenvalue weighted by Crippen LogP contribution is -1.99. The lowest BCUT2D eigenvalue weighted by atomic mass is 10.0. The van der Waals surface area contributed by atoms with Gasteiger partial charge in [0, 0.05) is 7.11 Å². The number of ether oxygens (including phenoxy) is 1. The zero-order valence-electron chi connectivity index (χ0n) is 11.0. The third-order valence-electron chi connectivity index (χ3n) is 2.95. The zero-order valence-corrected chi connectivity index (χ0v) is 11.0. The Kier molecular flexibility index (Phi) is 4.49. The van der Waals surface area contributed by atoms with Crippen LogP contribution in [-0.4, -0.2) is 23.7 Å². The van der Waals surface area contributed by atoms with E-state index in [-0.39, 0.29) is 11.6 Å². The predicted molar refractivity (Wildman–Crippen MR) is 71.4 cm³/mol. The second-order valence-electron chi connectivity index (χ2n) is 4.32. The minimum atomic E-state index is -1.01. The lowest BCUT2D eigenvalue weighted by molar-refractivity contribution is -0.402. The minimum absolute atomic E-state index is 0.154. The number of benzene rings is 1. The molecule has 1 aromatic heterocycles. The molecular weight excluding hydrogens is 262 g/mol. The Labute approximate surface area is 115 Å². The van der Waals surface area contributed by atoms with Crippen molar-refractivity contribution in [1.82, 2.24) is 0 Å². The van der Waals surface area contributed by atoms with Crippen LogP contribution in [0.2, 0.25) is 0 Å². The maximum atomic E-state index is 10.5. The number of nitrogens with zero attached hydrogens (tertiary/aromatic N) is 1. The van der Waals surface area contributed by atoms with Gasteiger partial charge in [0.1, 0.15) is 16.8 Å². The fraction of sp³-hybridized carbons (Fsp3) is 0.286. The van der Waals surface area contributed by atoms with Crippen LogP contribution in [0.5, 0.6) is 0 Å². The van der Waals surface area contributed by atoms with Gasteiger partial charge in [-0.2, -0.15) is 0 Å². The number of methoxy groups -OCH3 is 1. The van der Waals surface area contributed by atoms with Crippen molar-refractivity contribution in [2.24, 2.45) is 0 Å². The van der Waals surface area contributed by atoms with Crippen molar-refractivity contribution in [1.29, 1.82) is 0 Å². The normalized spacial score (nSPS) is 12.3. The van der Waals surface area contributed by atoms with Crippen LogP contribution in [0.1, 0.15) is 23.0 Å². The third kappa shape index (κ3) is 3.23. The highest BCUT2D eigenvalue weighted by Crippen LogP contribution is 2.26. The summed E-state index contributed by atoms with van der Waals surface area (Å²) in [6.07, 6.45) is -0.223. The van der Waals surface area contributed by atoms with Crippen molar-refractivity contribution in [3.63, 3.8) is 0 Å². The van der Waals surface area contributed by atoms with E-state index in [1.807, 2.05) is 12.1 Å². The van der Waals surface area contributed by atoms with E-state index in [1.165, 1.54) is 12.1 Å². The van der Waals surface area contributed by atoms with Crippen molar-refractivity contribution in [3.05, 3.63) is 63.4 Å². The molecule has 0 bridgehead atoms. The van der Waals surface area contributed by atoms with Crippen molar-refractivity contribution >= 4 is 5.88 Å². The summed E-state index contributed by atoms with van der Waals surface area (Å²) in [6.45, 7) is 0.631. The largest absolute Gasteiger partial charge is 0.433 e. The van der Waals surface area contributed by atoms with Crippen LogP contribution in [-0.2, 0) is 11.2 Å². The minimum Gasteiger partial charge on any atom is -0.403 e. The molecule has 0 aliphatic carbocycles. The molecule has 1 aromatic carbocycles. The van der Waals surface area contributed by atoms with Gasteiger partial charge in [0.05, 0.1) is 12.7 Å². The molecule has 0 aliphatic rings. The smallest absolute Gasteiger partial charge is 0.403 e. The highest BCUT2D eigenvalue weighted by Gasteiger charge is 2.19. The van der Waals surface area contributed by atoms with Gasteiger partial charge in [-0.05, 0) is 23.6 Å². The molecule has 1 heterocycles. The Balaban J connectivity index is 2.11. The Bertz CT molecular complexity index is 576. The Hall–Kier alpha value is -2.18. The Morgan fingerprint density at radius 2 is 2.00 bits per heavy atom. The van der Waals surface area contributed by atoms with Gasteiger partial charge in [0.2, 0.25) is 0 Å². The van der Waals surface area contributed by atoms with Crippen molar-refractivity contribution in [3.8, 4) is 0 Å². The molecule has 0 fully saturated rings. The first-order chi connectivity index (χ1) is 9.61. The SMILES string of the molecule is COCCc1ccc(C(O)c2ccc([N+](=O)[O-])o2)cc1. The summed E-state index contributed by atoms with van der Waals surface area (Å²) in [5.74, 6) is -0.225. The molecule has 1 unspecified atom stereocenters. The third-order valence-corrected chi connectivity index (χ3v) is 2.95. The average Bonchev–Trinajstić information content (AvgIpc) is 2.95. The van der Waals surface area contributed by atoms with Crippen LogP contribution >= 0.6 is 0 Å².